The lowest BCUT2D eigenvalue weighted by Crippen LogP contribution is -2.48. The quantitative estimate of drug-likeness (QED) is 0.0850. The molecule has 306 valence electrons. The van der Waals surface area contributed by atoms with E-state index >= 15 is 0 Å². The highest BCUT2D eigenvalue weighted by atomic mass is 16.6. The van der Waals surface area contributed by atoms with Gasteiger partial charge in [0.25, 0.3) is 0 Å². The van der Waals surface area contributed by atoms with Crippen molar-refractivity contribution in [1.82, 2.24) is 16.0 Å². The van der Waals surface area contributed by atoms with Crippen LogP contribution in [-0.4, -0.2) is 135 Å². The molecule has 1 aliphatic carbocycles. The Hall–Kier alpha value is -4.12. The number of hydrogen-bond acceptors (Lipinski definition) is 12. The molecule has 1 aliphatic rings. The summed E-state index contributed by atoms with van der Waals surface area (Å²) in [4.78, 5) is 50.2. The van der Waals surface area contributed by atoms with E-state index in [4.69, 9.17) is 37.9 Å². The van der Waals surface area contributed by atoms with E-state index in [1.54, 1.807) is 27.9 Å². The first-order chi connectivity index (χ1) is 26.6. The predicted molar refractivity (Wildman–Crippen MR) is 204 cm³/mol. The van der Waals surface area contributed by atoms with Crippen LogP contribution >= 0.6 is 0 Å². The standard InChI is InChI=1S/C40H59N3O12/c1-40(2,3)55-37(45)14-13-35(38(46)41-16-19-50-25-26-53-28-27-52-22-21-48-4)43-36(44)15-18-49-23-24-51-20-17-42-39(47)54-29-34-32-11-7-5-9-30(32)31-10-6-8-12-33(31)34/h5-12,34-35H,13-29H2,1-4H3,(H,41,46)(H,42,47)(H,43,44)/t35-/m0/s1. The van der Waals surface area contributed by atoms with Gasteiger partial charge in [0.05, 0.1) is 72.7 Å². The molecule has 0 fully saturated rings. The minimum absolute atomic E-state index is 0.0000894. The monoisotopic (exact) mass is 773 g/mol. The lowest BCUT2D eigenvalue weighted by Gasteiger charge is -2.21. The zero-order valence-corrected chi connectivity index (χ0v) is 32.7. The van der Waals surface area contributed by atoms with Gasteiger partial charge in [0.15, 0.2) is 0 Å². The lowest BCUT2D eigenvalue weighted by molar-refractivity contribution is -0.155. The lowest BCUT2D eigenvalue weighted by atomic mass is 9.98. The number of ether oxygens (including phenoxy) is 8. The molecule has 0 unspecified atom stereocenters. The van der Waals surface area contributed by atoms with Crippen LogP contribution in [0.2, 0.25) is 0 Å². The molecule has 15 nitrogen and oxygen atoms in total. The molecule has 2 aromatic carbocycles. The van der Waals surface area contributed by atoms with Crippen molar-refractivity contribution in [2.45, 2.75) is 57.6 Å². The molecule has 55 heavy (non-hydrogen) atoms. The number of methoxy groups -OCH3 is 1. The van der Waals surface area contributed by atoms with Crippen LogP contribution in [0.25, 0.3) is 11.1 Å². The maximum absolute atomic E-state index is 12.9. The van der Waals surface area contributed by atoms with Crippen molar-refractivity contribution in [2.75, 3.05) is 99.5 Å². The summed E-state index contributed by atoms with van der Waals surface area (Å²) >= 11 is 0. The number of rotatable bonds is 28. The maximum atomic E-state index is 12.9. The number of carbonyl (C=O) groups is 4. The summed E-state index contributed by atoms with van der Waals surface area (Å²) in [7, 11) is 1.61. The van der Waals surface area contributed by atoms with Crippen LogP contribution in [0.3, 0.4) is 0 Å². The number of esters is 1. The van der Waals surface area contributed by atoms with E-state index in [9.17, 15) is 19.2 Å². The molecule has 0 heterocycles. The molecule has 0 spiro atoms. The normalized spacial score (nSPS) is 12.7. The first-order valence-corrected chi connectivity index (χ1v) is 18.8. The Morgan fingerprint density at radius 1 is 0.655 bits per heavy atom. The summed E-state index contributed by atoms with van der Waals surface area (Å²) < 4.78 is 43.1. The van der Waals surface area contributed by atoms with E-state index in [1.165, 1.54) is 11.1 Å². The highest BCUT2D eigenvalue weighted by Gasteiger charge is 2.29. The molecule has 3 N–H and O–H groups in total. The van der Waals surface area contributed by atoms with Gasteiger partial charge in [-0.2, -0.15) is 0 Å². The fraction of sp³-hybridized carbons (Fsp3) is 0.600. The second kappa shape index (κ2) is 25.9. The van der Waals surface area contributed by atoms with E-state index in [1.807, 2.05) is 24.3 Å². The Kier molecular flexibility index (Phi) is 21.3. The van der Waals surface area contributed by atoms with Crippen LogP contribution in [0, 0.1) is 0 Å². The van der Waals surface area contributed by atoms with Gasteiger partial charge in [-0.25, -0.2) is 4.79 Å². The molecule has 3 rings (SSSR count). The van der Waals surface area contributed by atoms with Gasteiger partial charge < -0.3 is 53.8 Å². The number of nitrogens with one attached hydrogen (secondary N) is 3. The summed E-state index contributed by atoms with van der Waals surface area (Å²) in [6.45, 7) is 9.73. The van der Waals surface area contributed by atoms with E-state index in [0.717, 1.165) is 11.1 Å². The van der Waals surface area contributed by atoms with Crippen molar-refractivity contribution in [3.05, 3.63) is 59.7 Å². The van der Waals surface area contributed by atoms with E-state index in [-0.39, 0.29) is 77.9 Å². The van der Waals surface area contributed by atoms with Crippen molar-refractivity contribution >= 4 is 23.9 Å². The number of alkyl carbamates (subject to hydrolysis) is 1. The Labute approximate surface area is 324 Å². The van der Waals surface area contributed by atoms with Gasteiger partial charge in [-0.05, 0) is 49.4 Å². The number of benzene rings is 2. The van der Waals surface area contributed by atoms with Crippen molar-refractivity contribution in [3.8, 4) is 11.1 Å². The van der Waals surface area contributed by atoms with E-state index in [2.05, 4.69) is 40.2 Å². The van der Waals surface area contributed by atoms with Crippen LogP contribution in [0.5, 0.6) is 0 Å². The van der Waals surface area contributed by atoms with Crippen LogP contribution in [0.15, 0.2) is 48.5 Å². The van der Waals surface area contributed by atoms with Crippen molar-refractivity contribution < 1.29 is 57.1 Å². The molecule has 3 amide bonds. The fourth-order valence-corrected chi connectivity index (χ4v) is 5.61. The summed E-state index contributed by atoms with van der Waals surface area (Å²) in [6.07, 6.45) is -0.508. The van der Waals surface area contributed by atoms with Gasteiger partial charge in [-0.15, -0.1) is 0 Å². The van der Waals surface area contributed by atoms with Gasteiger partial charge in [0.1, 0.15) is 18.2 Å². The van der Waals surface area contributed by atoms with Crippen LogP contribution in [-0.2, 0) is 52.3 Å². The van der Waals surface area contributed by atoms with E-state index in [0.29, 0.717) is 39.6 Å². The number of hydrogen-bond donors (Lipinski definition) is 3. The molecule has 1 atom stereocenters. The first-order valence-electron chi connectivity index (χ1n) is 18.8. The van der Waals surface area contributed by atoms with E-state index < -0.39 is 35.5 Å². The molecular formula is C40H59N3O12. The largest absolute Gasteiger partial charge is 0.460 e. The zero-order valence-electron chi connectivity index (χ0n) is 32.7. The molecular weight excluding hydrogens is 714 g/mol. The third-order valence-electron chi connectivity index (χ3n) is 8.14. The first kappa shape index (κ1) is 45.3. The Morgan fingerprint density at radius 3 is 1.73 bits per heavy atom. The third kappa shape index (κ3) is 18.4. The molecule has 0 aliphatic heterocycles. The average molecular weight is 774 g/mol. The minimum Gasteiger partial charge on any atom is -0.460 e. The highest BCUT2D eigenvalue weighted by molar-refractivity contribution is 5.88. The number of amides is 3. The molecule has 15 heteroatoms. The van der Waals surface area contributed by atoms with Gasteiger partial charge >= 0.3 is 12.1 Å². The third-order valence-corrected chi connectivity index (χ3v) is 8.14. The molecule has 0 saturated heterocycles. The Morgan fingerprint density at radius 2 is 1.16 bits per heavy atom. The second-order valence-corrected chi connectivity index (χ2v) is 13.6. The van der Waals surface area contributed by atoms with Gasteiger partial charge in [0, 0.05) is 39.0 Å². The molecule has 0 bridgehead atoms. The Balaban J connectivity index is 1.25. The van der Waals surface area contributed by atoms with Crippen LogP contribution in [0.1, 0.15) is 57.1 Å². The van der Waals surface area contributed by atoms with Crippen LogP contribution < -0.4 is 16.0 Å². The van der Waals surface area contributed by atoms with Crippen molar-refractivity contribution in [3.63, 3.8) is 0 Å². The number of fused-ring (bicyclic) bond motifs is 3. The summed E-state index contributed by atoms with van der Waals surface area (Å²) in [5.74, 6) is -1.33. The smallest absolute Gasteiger partial charge is 0.407 e. The zero-order chi connectivity index (χ0) is 39.7. The summed E-state index contributed by atoms with van der Waals surface area (Å²) in [6, 6.07) is 15.4. The second-order valence-electron chi connectivity index (χ2n) is 13.6. The van der Waals surface area contributed by atoms with Gasteiger partial charge in [-0.3, -0.25) is 14.4 Å². The molecule has 0 radical (unpaired) electrons. The van der Waals surface area contributed by atoms with Gasteiger partial charge in [0.2, 0.25) is 11.8 Å². The number of carbonyl (C=O) groups excluding carboxylic acids is 4. The maximum Gasteiger partial charge on any atom is 0.407 e. The van der Waals surface area contributed by atoms with Crippen molar-refractivity contribution in [2.24, 2.45) is 0 Å². The predicted octanol–water partition coefficient (Wildman–Crippen LogP) is 3.37. The van der Waals surface area contributed by atoms with Gasteiger partial charge in [-0.1, -0.05) is 48.5 Å². The average Bonchev–Trinajstić information content (AvgIpc) is 3.48. The fourth-order valence-electron chi connectivity index (χ4n) is 5.61. The summed E-state index contributed by atoms with van der Waals surface area (Å²) in [5, 5.41) is 8.13. The minimum atomic E-state index is -0.950. The Bertz CT molecular complexity index is 1400. The highest BCUT2D eigenvalue weighted by Crippen LogP contribution is 2.44. The molecule has 0 aromatic heterocycles. The topological polar surface area (TPSA) is 178 Å². The van der Waals surface area contributed by atoms with Crippen molar-refractivity contribution in [1.29, 1.82) is 0 Å². The summed E-state index contributed by atoms with van der Waals surface area (Å²) in [5.41, 5.74) is 3.95. The molecule has 0 saturated carbocycles. The molecule has 2 aromatic rings. The SMILES string of the molecule is COCCOCCOCCOCCNC(=O)[C@H](CCC(=O)OC(C)(C)C)NC(=O)CCOCCOCCNC(=O)OCC1c2ccccc2-c2ccccc21. The van der Waals surface area contributed by atoms with Crippen LogP contribution in [0.4, 0.5) is 4.79 Å².